The predicted molar refractivity (Wildman–Crippen MR) is 71.4 cm³/mol. The Hall–Kier alpha value is -1.60. The van der Waals surface area contributed by atoms with Crippen molar-refractivity contribution >= 4 is 0 Å². The minimum Gasteiger partial charge on any atom is -0.330 e. The first-order chi connectivity index (χ1) is 7.42. The Morgan fingerprint density at radius 3 is 2.12 bits per heavy atom. The zero-order valence-electron chi connectivity index (χ0n) is 8.69. The predicted octanol–water partition coefficient (Wildman–Crippen LogP) is 3.49. The van der Waals surface area contributed by atoms with E-state index in [1.54, 1.807) is 0 Å². The van der Waals surface area contributed by atoms with Gasteiger partial charge in [0.05, 0.1) is 0 Å². The van der Waals surface area contributed by atoms with Gasteiger partial charge < -0.3 is 5.73 Å². The van der Waals surface area contributed by atoms with E-state index in [2.05, 4.69) is 48.5 Å². The number of benzene rings is 2. The number of nitrogens with two attached hydrogens (primary N) is 1. The van der Waals surface area contributed by atoms with Crippen molar-refractivity contribution in [1.29, 1.82) is 0 Å². The summed E-state index contributed by atoms with van der Waals surface area (Å²) in [5.74, 6) is 0. The Kier molecular flexibility index (Phi) is 4.74. The molecule has 0 saturated heterocycles. The first-order valence-electron chi connectivity index (χ1n) is 5.25. The molecule has 0 aromatic heterocycles. The Morgan fingerprint density at radius 1 is 0.812 bits per heavy atom. The summed E-state index contributed by atoms with van der Waals surface area (Å²) in [6.45, 7) is 0.698. The van der Waals surface area contributed by atoms with Gasteiger partial charge in [0.1, 0.15) is 0 Å². The maximum atomic E-state index is 5.61. The molecule has 0 amide bonds. The van der Waals surface area contributed by atoms with E-state index in [0.29, 0.717) is 6.54 Å². The van der Waals surface area contributed by atoms with Crippen molar-refractivity contribution in [3.8, 4) is 11.1 Å². The molecule has 0 fully saturated rings. The third kappa shape index (κ3) is 2.71. The van der Waals surface area contributed by atoms with Gasteiger partial charge in [-0.25, -0.2) is 0 Å². The maximum Gasteiger partial charge on any atom is -0.00365 e. The first-order valence-corrected chi connectivity index (χ1v) is 5.25. The summed E-state index contributed by atoms with van der Waals surface area (Å²) >= 11 is 0. The van der Waals surface area contributed by atoms with Crippen molar-refractivity contribution in [1.82, 2.24) is 0 Å². The Balaban J connectivity index is 0.00000128. The van der Waals surface area contributed by atoms with Crippen LogP contribution in [0.5, 0.6) is 0 Å². The van der Waals surface area contributed by atoms with Crippen LogP contribution in [0.25, 0.3) is 11.1 Å². The van der Waals surface area contributed by atoms with Crippen molar-refractivity contribution in [2.24, 2.45) is 5.73 Å². The average Bonchev–Trinajstić information content (AvgIpc) is 2.31. The summed E-state index contributed by atoms with van der Waals surface area (Å²) < 4.78 is 0. The molecular formula is C15H19N. The minimum atomic E-state index is 0. The van der Waals surface area contributed by atoms with Crippen molar-refractivity contribution in [3.63, 3.8) is 0 Å². The van der Waals surface area contributed by atoms with E-state index in [1.807, 2.05) is 6.07 Å². The van der Waals surface area contributed by atoms with Crippen molar-refractivity contribution in [3.05, 3.63) is 60.2 Å². The van der Waals surface area contributed by atoms with Gasteiger partial charge >= 0.3 is 0 Å². The molecule has 0 aliphatic rings. The van der Waals surface area contributed by atoms with Gasteiger partial charge in [-0.15, -0.1) is 0 Å². The van der Waals surface area contributed by atoms with E-state index in [4.69, 9.17) is 5.73 Å². The van der Waals surface area contributed by atoms with Crippen molar-refractivity contribution in [2.75, 3.05) is 6.54 Å². The monoisotopic (exact) mass is 213 g/mol. The third-order valence-electron chi connectivity index (χ3n) is 2.52. The molecule has 1 nitrogen and oxygen atoms in total. The molecule has 0 unspecified atom stereocenters. The Morgan fingerprint density at radius 2 is 1.44 bits per heavy atom. The number of hydrogen-bond donors (Lipinski definition) is 1. The molecule has 0 radical (unpaired) electrons. The largest absolute Gasteiger partial charge is 0.330 e. The molecule has 2 N–H and O–H groups in total. The van der Waals surface area contributed by atoms with Gasteiger partial charge in [0, 0.05) is 0 Å². The molecule has 1 heteroatoms. The summed E-state index contributed by atoms with van der Waals surface area (Å²) in [5, 5.41) is 0. The van der Waals surface area contributed by atoms with Gasteiger partial charge in [-0.3, -0.25) is 0 Å². The standard InChI is InChI=1S/C14H15N.CH4/c15-11-10-13-8-4-5-9-14(13)12-6-2-1-3-7-12;/h1-9H,10-11,15H2;1H4. The maximum absolute atomic E-state index is 5.61. The normalized spacial score (nSPS) is 9.56. The number of rotatable bonds is 3. The highest BCUT2D eigenvalue weighted by atomic mass is 14.5. The topological polar surface area (TPSA) is 26.0 Å². The van der Waals surface area contributed by atoms with E-state index >= 15 is 0 Å². The zero-order valence-corrected chi connectivity index (χ0v) is 8.69. The molecule has 2 aromatic carbocycles. The van der Waals surface area contributed by atoms with Crippen LogP contribution < -0.4 is 5.73 Å². The highest BCUT2D eigenvalue weighted by Crippen LogP contribution is 2.23. The summed E-state index contributed by atoms with van der Waals surface area (Å²) in [6.07, 6.45) is 0.936. The molecule has 84 valence electrons. The van der Waals surface area contributed by atoms with E-state index < -0.39 is 0 Å². The lowest BCUT2D eigenvalue weighted by Crippen LogP contribution is -2.03. The molecular weight excluding hydrogens is 194 g/mol. The first kappa shape index (κ1) is 12.5. The molecule has 2 rings (SSSR count). The van der Waals surface area contributed by atoms with Crippen LogP contribution in [-0.4, -0.2) is 6.54 Å². The lowest BCUT2D eigenvalue weighted by Gasteiger charge is -2.08. The van der Waals surface area contributed by atoms with Gasteiger partial charge in [0.2, 0.25) is 0 Å². The van der Waals surface area contributed by atoms with E-state index in [1.165, 1.54) is 16.7 Å². The van der Waals surface area contributed by atoms with Gasteiger partial charge in [-0.05, 0) is 29.7 Å². The molecule has 0 aliphatic carbocycles. The minimum absolute atomic E-state index is 0. The zero-order chi connectivity index (χ0) is 10.5. The van der Waals surface area contributed by atoms with Crippen LogP contribution in [0.4, 0.5) is 0 Å². The van der Waals surface area contributed by atoms with Crippen LogP contribution in [0.2, 0.25) is 0 Å². The molecule has 0 heterocycles. The van der Waals surface area contributed by atoms with Gasteiger partial charge in [-0.2, -0.15) is 0 Å². The fraction of sp³-hybridized carbons (Fsp3) is 0.200. The van der Waals surface area contributed by atoms with Gasteiger partial charge in [0.15, 0.2) is 0 Å². The van der Waals surface area contributed by atoms with Crippen LogP contribution >= 0.6 is 0 Å². The molecule has 0 spiro atoms. The highest BCUT2D eigenvalue weighted by Gasteiger charge is 2.02. The second-order valence-corrected chi connectivity index (χ2v) is 3.56. The average molecular weight is 213 g/mol. The quantitative estimate of drug-likeness (QED) is 0.829. The van der Waals surface area contributed by atoms with Crippen LogP contribution in [0.15, 0.2) is 54.6 Å². The number of hydrogen-bond acceptors (Lipinski definition) is 1. The van der Waals surface area contributed by atoms with Crippen molar-refractivity contribution in [2.45, 2.75) is 13.8 Å². The molecule has 0 bridgehead atoms. The summed E-state index contributed by atoms with van der Waals surface area (Å²) in [7, 11) is 0. The molecule has 0 atom stereocenters. The van der Waals surface area contributed by atoms with Crippen LogP contribution in [0.3, 0.4) is 0 Å². The van der Waals surface area contributed by atoms with E-state index in [-0.39, 0.29) is 7.43 Å². The van der Waals surface area contributed by atoms with E-state index in [0.717, 1.165) is 6.42 Å². The van der Waals surface area contributed by atoms with Crippen LogP contribution in [-0.2, 0) is 6.42 Å². The molecule has 16 heavy (non-hydrogen) atoms. The van der Waals surface area contributed by atoms with Crippen molar-refractivity contribution < 1.29 is 0 Å². The smallest absolute Gasteiger partial charge is 0.00365 e. The molecule has 2 aromatic rings. The fourth-order valence-electron chi connectivity index (χ4n) is 1.79. The SMILES string of the molecule is C.NCCc1ccccc1-c1ccccc1. The second kappa shape index (κ2) is 6.09. The lowest BCUT2D eigenvalue weighted by molar-refractivity contribution is 0.971. The summed E-state index contributed by atoms with van der Waals surface area (Å²) in [5.41, 5.74) is 9.49. The van der Waals surface area contributed by atoms with Gasteiger partial charge in [0.25, 0.3) is 0 Å². The summed E-state index contributed by atoms with van der Waals surface area (Å²) in [4.78, 5) is 0. The molecule has 0 saturated carbocycles. The van der Waals surface area contributed by atoms with Crippen LogP contribution in [0, 0.1) is 0 Å². The second-order valence-electron chi connectivity index (χ2n) is 3.56. The highest BCUT2D eigenvalue weighted by molar-refractivity contribution is 5.67. The van der Waals surface area contributed by atoms with E-state index in [9.17, 15) is 0 Å². The Labute approximate surface area is 97.9 Å². The molecule has 0 aliphatic heterocycles. The fourth-order valence-corrected chi connectivity index (χ4v) is 1.79. The third-order valence-corrected chi connectivity index (χ3v) is 2.52. The Bertz CT molecular complexity index is 420. The van der Waals surface area contributed by atoms with Crippen LogP contribution in [0.1, 0.15) is 13.0 Å². The summed E-state index contributed by atoms with van der Waals surface area (Å²) in [6, 6.07) is 18.9. The lowest BCUT2D eigenvalue weighted by atomic mass is 9.98. The van der Waals surface area contributed by atoms with Gasteiger partial charge in [-0.1, -0.05) is 62.0 Å².